The van der Waals surface area contributed by atoms with Gasteiger partial charge in [-0.15, -0.1) is 0 Å². The van der Waals surface area contributed by atoms with Crippen LogP contribution in [-0.2, 0) is 0 Å². The number of rotatable bonds is 3. The van der Waals surface area contributed by atoms with Crippen LogP contribution in [0.5, 0.6) is 0 Å². The highest BCUT2D eigenvalue weighted by Crippen LogP contribution is 2.10. The second kappa shape index (κ2) is 4.52. The van der Waals surface area contributed by atoms with E-state index in [-0.39, 0.29) is 6.04 Å². The number of aromatic nitrogens is 3. The number of nitrogens with one attached hydrogen (secondary N) is 3. The Hall–Kier alpha value is -0.940. The summed E-state index contributed by atoms with van der Waals surface area (Å²) in [5.41, 5.74) is 0. The van der Waals surface area contributed by atoms with Gasteiger partial charge in [-0.1, -0.05) is 0 Å². The lowest BCUT2D eigenvalue weighted by Gasteiger charge is -2.26. The Morgan fingerprint density at radius 3 is 2.93 bits per heavy atom. The first kappa shape index (κ1) is 9.61. The van der Waals surface area contributed by atoms with E-state index in [1.54, 1.807) is 6.33 Å². The van der Waals surface area contributed by atoms with Crippen LogP contribution >= 0.6 is 0 Å². The molecule has 1 saturated heterocycles. The molecule has 0 amide bonds. The second-order valence-electron chi connectivity index (χ2n) is 3.78. The Balaban J connectivity index is 1.84. The maximum atomic E-state index is 4.14. The molecule has 0 aliphatic carbocycles. The highest BCUT2D eigenvalue weighted by atomic mass is 15.2. The summed E-state index contributed by atoms with van der Waals surface area (Å²) in [5, 5.41) is 13.6. The number of H-pyrrole nitrogens is 1. The van der Waals surface area contributed by atoms with Crippen molar-refractivity contribution in [2.24, 2.45) is 0 Å². The summed E-state index contributed by atoms with van der Waals surface area (Å²) in [6.07, 6.45) is 3.94. The predicted octanol–water partition coefficient (Wildman–Crippen LogP) is 0.207. The van der Waals surface area contributed by atoms with Crippen molar-refractivity contribution >= 4 is 0 Å². The number of nitrogens with zero attached hydrogens (tertiary/aromatic N) is 2. The van der Waals surface area contributed by atoms with E-state index >= 15 is 0 Å². The van der Waals surface area contributed by atoms with Gasteiger partial charge in [-0.25, -0.2) is 4.98 Å². The van der Waals surface area contributed by atoms with E-state index in [1.165, 1.54) is 12.8 Å². The summed E-state index contributed by atoms with van der Waals surface area (Å²) >= 11 is 0. The van der Waals surface area contributed by atoms with Crippen LogP contribution in [0.15, 0.2) is 6.33 Å². The van der Waals surface area contributed by atoms with Crippen molar-refractivity contribution < 1.29 is 0 Å². The fourth-order valence-corrected chi connectivity index (χ4v) is 1.84. The van der Waals surface area contributed by atoms with E-state index in [0.29, 0.717) is 6.04 Å². The van der Waals surface area contributed by atoms with Gasteiger partial charge in [0.15, 0.2) is 0 Å². The lowest BCUT2D eigenvalue weighted by atomic mass is 10.1. The smallest absolute Gasteiger partial charge is 0.141 e. The van der Waals surface area contributed by atoms with Crippen molar-refractivity contribution in [2.45, 2.75) is 31.8 Å². The predicted molar refractivity (Wildman–Crippen MR) is 53.8 cm³/mol. The van der Waals surface area contributed by atoms with E-state index in [4.69, 9.17) is 0 Å². The molecule has 0 saturated carbocycles. The lowest BCUT2D eigenvalue weighted by molar-refractivity contribution is 0.354. The van der Waals surface area contributed by atoms with Crippen molar-refractivity contribution in [2.75, 3.05) is 13.1 Å². The molecule has 14 heavy (non-hydrogen) atoms. The van der Waals surface area contributed by atoms with Crippen LogP contribution in [-0.4, -0.2) is 34.3 Å². The molecule has 1 aromatic heterocycles. The van der Waals surface area contributed by atoms with Crippen molar-refractivity contribution in [1.82, 2.24) is 25.8 Å². The third-order valence-corrected chi connectivity index (χ3v) is 2.67. The Labute approximate surface area is 83.7 Å². The van der Waals surface area contributed by atoms with Gasteiger partial charge in [0, 0.05) is 6.04 Å². The van der Waals surface area contributed by atoms with Gasteiger partial charge in [-0.2, -0.15) is 5.10 Å². The molecule has 5 heteroatoms. The molecule has 1 unspecified atom stereocenters. The van der Waals surface area contributed by atoms with E-state index in [9.17, 15) is 0 Å². The van der Waals surface area contributed by atoms with E-state index in [1.807, 2.05) is 0 Å². The minimum atomic E-state index is 0.264. The number of hydrogen-bond acceptors (Lipinski definition) is 4. The summed E-state index contributed by atoms with van der Waals surface area (Å²) in [6.45, 7) is 4.34. The zero-order valence-electron chi connectivity index (χ0n) is 8.45. The number of aromatic amines is 1. The normalized spacial score (nSPS) is 20.9. The summed E-state index contributed by atoms with van der Waals surface area (Å²) < 4.78 is 0. The van der Waals surface area contributed by atoms with Crippen LogP contribution in [0.2, 0.25) is 0 Å². The van der Waals surface area contributed by atoms with Crippen LogP contribution in [0.1, 0.15) is 31.6 Å². The molecule has 1 atom stereocenters. The number of piperidine rings is 1. The van der Waals surface area contributed by atoms with Crippen molar-refractivity contribution in [1.29, 1.82) is 0 Å². The molecule has 2 heterocycles. The summed E-state index contributed by atoms with van der Waals surface area (Å²) in [4.78, 5) is 4.14. The Morgan fingerprint density at radius 1 is 1.50 bits per heavy atom. The molecule has 1 aliphatic heterocycles. The van der Waals surface area contributed by atoms with Crippen molar-refractivity contribution in [3.63, 3.8) is 0 Å². The standard InChI is InChI=1S/C9H17N5/c1-7(9-11-6-12-14-9)13-8-2-4-10-5-3-8/h6-8,10,13H,2-5H2,1H3,(H,11,12,14). The van der Waals surface area contributed by atoms with Gasteiger partial charge in [-0.05, 0) is 32.9 Å². The molecule has 1 aromatic rings. The van der Waals surface area contributed by atoms with Gasteiger partial charge in [0.2, 0.25) is 0 Å². The third kappa shape index (κ3) is 2.30. The second-order valence-corrected chi connectivity index (χ2v) is 3.78. The Bertz CT molecular complexity index is 252. The van der Waals surface area contributed by atoms with Gasteiger partial charge in [0.1, 0.15) is 12.2 Å². The molecule has 1 aliphatic rings. The van der Waals surface area contributed by atoms with Gasteiger partial charge in [-0.3, -0.25) is 5.10 Å². The fourth-order valence-electron chi connectivity index (χ4n) is 1.84. The molecule has 3 N–H and O–H groups in total. The average Bonchev–Trinajstić information content (AvgIpc) is 2.72. The minimum Gasteiger partial charge on any atom is -0.317 e. The van der Waals surface area contributed by atoms with Crippen LogP contribution in [0.3, 0.4) is 0 Å². The van der Waals surface area contributed by atoms with Crippen LogP contribution < -0.4 is 10.6 Å². The Morgan fingerprint density at radius 2 is 2.29 bits per heavy atom. The fraction of sp³-hybridized carbons (Fsp3) is 0.778. The van der Waals surface area contributed by atoms with Crippen LogP contribution in [0.4, 0.5) is 0 Å². The molecule has 78 valence electrons. The summed E-state index contributed by atoms with van der Waals surface area (Å²) in [7, 11) is 0. The highest BCUT2D eigenvalue weighted by Gasteiger charge is 2.16. The lowest BCUT2D eigenvalue weighted by Crippen LogP contribution is -2.41. The monoisotopic (exact) mass is 195 g/mol. The van der Waals surface area contributed by atoms with E-state index < -0.39 is 0 Å². The molecular formula is C9H17N5. The zero-order valence-corrected chi connectivity index (χ0v) is 8.45. The summed E-state index contributed by atoms with van der Waals surface area (Å²) in [5.74, 6) is 0.920. The van der Waals surface area contributed by atoms with Gasteiger partial charge < -0.3 is 10.6 Å². The quantitative estimate of drug-likeness (QED) is 0.645. The molecule has 2 rings (SSSR count). The van der Waals surface area contributed by atoms with Gasteiger partial charge in [0.05, 0.1) is 6.04 Å². The van der Waals surface area contributed by atoms with E-state index in [0.717, 1.165) is 18.9 Å². The molecular weight excluding hydrogens is 178 g/mol. The third-order valence-electron chi connectivity index (χ3n) is 2.67. The first-order chi connectivity index (χ1) is 6.86. The van der Waals surface area contributed by atoms with Gasteiger partial charge >= 0.3 is 0 Å². The van der Waals surface area contributed by atoms with Gasteiger partial charge in [0.25, 0.3) is 0 Å². The largest absolute Gasteiger partial charge is 0.317 e. The molecule has 5 nitrogen and oxygen atoms in total. The van der Waals surface area contributed by atoms with E-state index in [2.05, 4.69) is 32.7 Å². The SMILES string of the molecule is CC(NC1CCNCC1)c1ncn[nH]1. The molecule has 0 bridgehead atoms. The zero-order chi connectivity index (χ0) is 9.80. The average molecular weight is 195 g/mol. The molecule has 0 aromatic carbocycles. The summed E-state index contributed by atoms with van der Waals surface area (Å²) in [6, 6.07) is 0.872. The number of hydrogen-bond donors (Lipinski definition) is 3. The van der Waals surface area contributed by atoms with Crippen molar-refractivity contribution in [3.8, 4) is 0 Å². The highest BCUT2D eigenvalue weighted by molar-refractivity contribution is 4.90. The van der Waals surface area contributed by atoms with Crippen molar-refractivity contribution in [3.05, 3.63) is 12.2 Å². The maximum Gasteiger partial charge on any atom is 0.141 e. The topological polar surface area (TPSA) is 65.6 Å². The first-order valence-corrected chi connectivity index (χ1v) is 5.18. The Kier molecular flexibility index (Phi) is 3.10. The van der Waals surface area contributed by atoms with Crippen LogP contribution in [0.25, 0.3) is 0 Å². The maximum absolute atomic E-state index is 4.14. The molecule has 0 radical (unpaired) electrons. The molecule has 0 spiro atoms. The minimum absolute atomic E-state index is 0.264. The molecule has 1 fully saturated rings. The first-order valence-electron chi connectivity index (χ1n) is 5.18. The van der Waals surface area contributed by atoms with Crippen LogP contribution in [0, 0.1) is 0 Å².